The highest BCUT2D eigenvalue weighted by molar-refractivity contribution is 5.92. The normalized spacial score (nSPS) is 18.6. The van der Waals surface area contributed by atoms with Crippen LogP contribution < -0.4 is 15.0 Å². The van der Waals surface area contributed by atoms with Gasteiger partial charge < -0.3 is 15.0 Å². The third-order valence-corrected chi connectivity index (χ3v) is 5.06. The van der Waals surface area contributed by atoms with Crippen LogP contribution in [0.2, 0.25) is 0 Å². The highest BCUT2D eigenvalue weighted by Gasteiger charge is 2.30. The van der Waals surface area contributed by atoms with E-state index in [0.717, 1.165) is 55.4 Å². The number of carbonyl (C=O) groups is 1. The second-order valence-corrected chi connectivity index (χ2v) is 6.76. The van der Waals surface area contributed by atoms with E-state index in [1.165, 1.54) is 5.69 Å². The van der Waals surface area contributed by atoms with Crippen LogP contribution in [-0.4, -0.2) is 37.1 Å². The molecule has 0 atom stereocenters. The van der Waals surface area contributed by atoms with Gasteiger partial charge in [0.1, 0.15) is 5.75 Å². The second-order valence-electron chi connectivity index (χ2n) is 6.76. The van der Waals surface area contributed by atoms with Gasteiger partial charge in [-0.1, -0.05) is 0 Å². The van der Waals surface area contributed by atoms with Crippen LogP contribution in [0.3, 0.4) is 0 Å². The topological polar surface area (TPSA) is 54.5 Å². The van der Waals surface area contributed by atoms with E-state index in [0.29, 0.717) is 6.04 Å². The Morgan fingerprint density at radius 3 is 2.71 bits per heavy atom. The number of aromatic nitrogens is 1. The predicted molar refractivity (Wildman–Crippen MR) is 94.4 cm³/mol. The van der Waals surface area contributed by atoms with Gasteiger partial charge in [-0.25, -0.2) is 0 Å². The lowest BCUT2D eigenvalue weighted by Gasteiger charge is -2.33. The SMILES string of the molecule is COc1ccc2nccc(N3CCC(C(=O)NC4CC4)CC3)c2c1. The summed E-state index contributed by atoms with van der Waals surface area (Å²) < 4.78 is 5.36. The van der Waals surface area contributed by atoms with Crippen molar-refractivity contribution >= 4 is 22.5 Å². The summed E-state index contributed by atoms with van der Waals surface area (Å²) in [6, 6.07) is 8.49. The minimum absolute atomic E-state index is 0.157. The molecule has 5 nitrogen and oxygen atoms in total. The van der Waals surface area contributed by atoms with Gasteiger partial charge in [0, 0.05) is 42.3 Å². The van der Waals surface area contributed by atoms with E-state index in [9.17, 15) is 4.79 Å². The van der Waals surface area contributed by atoms with Gasteiger partial charge in [0.15, 0.2) is 0 Å². The largest absolute Gasteiger partial charge is 0.497 e. The summed E-state index contributed by atoms with van der Waals surface area (Å²) in [5, 5.41) is 4.25. The van der Waals surface area contributed by atoms with Crippen LogP contribution in [-0.2, 0) is 4.79 Å². The minimum Gasteiger partial charge on any atom is -0.497 e. The van der Waals surface area contributed by atoms with Crippen molar-refractivity contribution in [2.45, 2.75) is 31.7 Å². The Hall–Kier alpha value is -2.30. The maximum Gasteiger partial charge on any atom is 0.223 e. The molecule has 0 bridgehead atoms. The van der Waals surface area contributed by atoms with Crippen molar-refractivity contribution in [3.8, 4) is 5.75 Å². The number of nitrogens with zero attached hydrogens (tertiary/aromatic N) is 2. The molecule has 126 valence electrons. The average Bonchev–Trinajstić information content (AvgIpc) is 3.45. The molecule has 1 aromatic carbocycles. The Balaban J connectivity index is 1.50. The van der Waals surface area contributed by atoms with Crippen molar-refractivity contribution in [1.82, 2.24) is 10.3 Å². The van der Waals surface area contributed by atoms with Crippen molar-refractivity contribution in [1.29, 1.82) is 0 Å². The van der Waals surface area contributed by atoms with Crippen LogP contribution in [0, 0.1) is 5.92 Å². The summed E-state index contributed by atoms with van der Waals surface area (Å²) in [7, 11) is 1.68. The molecule has 2 fully saturated rings. The van der Waals surface area contributed by atoms with E-state index >= 15 is 0 Å². The zero-order valence-corrected chi connectivity index (χ0v) is 14.0. The first-order chi connectivity index (χ1) is 11.7. The molecule has 0 unspecified atom stereocenters. The summed E-state index contributed by atoms with van der Waals surface area (Å²) in [6.45, 7) is 1.80. The number of fused-ring (bicyclic) bond motifs is 1. The van der Waals surface area contributed by atoms with Crippen LogP contribution in [0.15, 0.2) is 30.5 Å². The lowest BCUT2D eigenvalue weighted by atomic mass is 9.95. The number of rotatable bonds is 4. The molecule has 1 saturated heterocycles. The Labute approximate surface area is 142 Å². The zero-order chi connectivity index (χ0) is 16.5. The fraction of sp³-hybridized carbons (Fsp3) is 0.474. The first kappa shape index (κ1) is 15.2. The van der Waals surface area contributed by atoms with Gasteiger partial charge in [-0.2, -0.15) is 0 Å². The van der Waals surface area contributed by atoms with Crippen LogP contribution in [0.1, 0.15) is 25.7 Å². The first-order valence-corrected chi connectivity index (χ1v) is 8.72. The van der Waals surface area contributed by atoms with Gasteiger partial charge in [0.2, 0.25) is 5.91 Å². The maximum absolute atomic E-state index is 12.2. The zero-order valence-electron chi connectivity index (χ0n) is 14.0. The molecule has 0 radical (unpaired) electrons. The predicted octanol–water partition coefficient (Wildman–Crippen LogP) is 2.74. The molecule has 24 heavy (non-hydrogen) atoms. The van der Waals surface area contributed by atoms with Gasteiger partial charge in [-0.15, -0.1) is 0 Å². The average molecular weight is 325 g/mol. The molecule has 4 rings (SSSR count). The highest BCUT2D eigenvalue weighted by atomic mass is 16.5. The lowest BCUT2D eigenvalue weighted by Crippen LogP contribution is -2.41. The quantitative estimate of drug-likeness (QED) is 0.939. The Kier molecular flexibility index (Phi) is 4.00. The van der Waals surface area contributed by atoms with Crippen LogP contribution >= 0.6 is 0 Å². The molecule has 1 saturated carbocycles. The molecule has 1 N–H and O–H groups in total. The third-order valence-electron chi connectivity index (χ3n) is 5.06. The lowest BCUT2D eigenvalue weighted by molar-refractivity contribution is -0.125. The summed E-state index contributed by atoms with van der Waals surface area (Å²) in [4.78, 5) is 19.0. The Morgan fingerprint density at radius 2 is 2.00 bits per heavy atom. The number of piperidine rings is 1. The molecular weight excluding hydrogens is 302 g/mol. The number of anilines is 1. The van der Waals surface area contributed by atoms with Gasteiger partial charge >= 0.3 is 0 Å². The monoisotopic (exact) mass is 325 g/mol. The number of ether oxygens (including phenoxy) is 1. The fourth-order valence-corrected chi connectivity index (χ4v) is 3.44. The van der Waals surface area contributed by atoms with Gasteiger partial charge in [0.25, 0.3) is 0 Å². The van der Waals surface area contributed by atoms with E-state index in [-0.39, 0.29) is 11.8 Å². The van der Waals surface area contributed by atoms with Gasteiger partial charge in [0.05, 0.1) is 12.6 Å². The van der Waals surface area contributed by atoms with Crippen LogP contribution in [0.5, 0.6) is 5.75 Å². The molecule has 1 aliphatic heterocycles. The molecule has 1 aliphatic carbocycles. The number of benzene rings is 1. The highest BCUT2D eigenvalue weighted by Crippen LogP contribution is 2.32. The minimum atomic E-state index is 0.157. The Bertz CT molecular complexity index is 749. The second kappa shape index (κ2) is 6.30. The summed E-state index contributed by atoms with van der Waals surface area (Å²) in [6.07, 6.45) is 5.97. The van der Waals surface area contributed by atoms with Crippen molar-refractivity contribution in [3.05, 3.63) is 30.5 Å². The van der Waals surface area contributed by atoms with Crippen molar-refractivity contribution in [2.75, 3.05) is 25.1 Å². The molecule has 1 amide bonds. The molecule has 2 heterocycles. The Morgan fingerprint density at radius 1 is 1.21 bits per heavy atom. The summed E-state index contributed by atoms with van der Waals surface area (Å²) in [5.41, 5.74) is 2.15. The van der Waals surface area contributed by atoms with E-state index in [1.807, 2.05) is 24.4 Å². The standard InChI is InChI=1S/C19H23N3O2/c1-24-15-4-5-17-16(12-15)18(6-9-20-17)22-10-7-13(8-11-22)19(23)21-14-2-3-14/h4-6,9,12-14H,2-3,7-8,10-11H2,1H3,(H,21,23). The van der Waals surface area contributed by atoms with Gasteiger partial charge in [-0.3, -0.25) is 9.78 Å². The summed E-state index contributed by atoms with van der Waals surface area (Å²) in [5.74, 6) is 1.25. The number of carbonyl (C=O) groups excluding carboxylic acids is 1. The number of hydrogen-bond donors (Lipinski definition) is 1. The van der Waals surface area contributed by atoms with Crippen LogP contribution in [0.25, 0.3) is 10.9 Å². The first-order valence-electron chi connectivity index (χ1n) is 8.72. The number of nitrogens with one attached hydrogen (secondary N) is 1. The van der Waals surface area contributed by atoms with E-state index in [4.69, 9.17) is 4.74 Å². The van der Waals surface area contributed by atoms with Crippen molar-refractivity contribution in [3.63, 3.8) is 0 Å². The molecular formula is C19H23N3O2. The van der Waals surface area contributed by atoms with Crippen molar-refractivity contribution in [2.24, 2.45) is 5.92 Å². The third kappa shape index (κ3) is 3.03. The smallest absolute Gasteiger partial charge is 0.223 e. The molecule has 5 heteroatoms. The van der Waals surface area contributed by atoms with Crippen molar-refractivity contribution < 1.29 is 9.53 Å². The summed E-state index contributed by atoms with van der Waals surface area (Å²) >= 11 is 0. The molecule has 2 aliphatic rings. The maximum atomic E-state index is 12.2. The van der Waals surface area contributed by atoms with Crippen LogP contribution in [0.4, 0.5) is 5.69 Å². The number of hydrogen-bond acceptors (Lipinski definition) is 4. The molecule has 2 aromatic rings. The number of amides is 1. The fourth-order valence-electron chi connectivity index (χ4n) is 3.44. The number of methoxy groups -OCH3 is 1. The number of pyridine rings is 1. The molecule has 0 spiro atoms. The van der Waals surface area contributed by atoms with E-state index in [2.05, 4.69) is 21.3 Å². The van der Waals surface area contributed by atoms with E-state index in [1.54, 1.807) is 7.11 Å². The van der Waals surface area contributed by atoms with E-state index < -0.39 is 0 Å². The van der Waals surface area contributed by atoms with Gasteiger partial charge in [-0.05, 0) is 49.9 Å². The molecule has 1 aromatic heterocycles.